The molecule has 1 N–H and O–H groups in total. The monoisotopic (exact) mass is 413 g/mol. The van der Waals surface area contributed by atoms with Crippen LogP contribution < -0.4 is 0 Å². The van der Waals surface area contributed by atoms with Crippen molar-refractivity contribution in [3.63, 3.8) is 0 Å². The van der Waals surface area contributed by atoms with E-state index in [9.17, 15) is 5.11 Å². The highest BCUT2D eigenvalue weighted by molar-refractivity contribution is 6.02. The standard InChI is InChI=1S/C24H23NO.C3H6.C2H6/c1-2-18-24(26,21-14-8-4-9-15-21)19-23(20-12-6-3-7-13-20)25-22-16-10-5-11-17-22;1-3-2;1-2/h2-17,26H,1,18-19H2;3H,1H2,2H3;1-2H3. The zero-order valence-electron chi connectivity index (χ0n) is 19.0. The molecule has 0 aliphatic heterocycles. The van der Waals surface area contributed by atoms with Crippen LogP contribution in [0.2, 0.25) is 0 Å². The van der Waals surface area contributed by atoms with Gasteiger partial charge in [-0.3, -0.25) is 4.99 Å². The van der Waals surface area contributed by atoms with Gasteiger partial charge in [-0.1, -0.05) is 105 Å². The van der Waals surface area contributed by atoms with Gasteiger partial charge in [0.05, 0.1) is 17.0 Å². The van der Waals surface area contributed by atoms with Crippen LogP contribution in [-0.4, -0.2) is 10.8 Å². The second-order valence-electron chi connectivity index (χ2n) is 6.74. The third-order valence-corrected chi connectivity index (χ3v) is 4.38. The third-order valence-electron chi connectivity index (χ3n) is 4.38. The first-order valence-corrected chi connectivity index (χ1v) is 10.8. The largest absolute Gasteiger partial charge is 0.384 e. The maximum atomic E-state index is 11.4. The molecular formula is C29H35NO. The van der Waals surface area contributed by atoms with E-state index in [1.54, 1.807) is 12.2 Å². The summed E-state index contributed by atoms with van der Waals surface area (Å²) in [5, 5.41) is 11.4. The van der Waals surface area contributed by atoms with Crippen LogP contribution in [0.3, 0.4) is 0 Å². The molecule has 0 aliphatic carbocycles. The lowest BCUT2D eigenvalue weighted by atomic mass is 9.84. The fourth-order valence-electron chi connectivity index (χ4n) is 3.05. The minimum absolute atomic E-state index is 0.405. The predicted molar refractivity (Wildman–Crippen MR) is 136 cm³/mol. The Morgan fingerprint density at radius 1 is 0.839 bits per heavy atom. The average Bonchev–Trinajstić information content (AvgIpc) is 2.82. The van der Waals surface area contributed by atoms with Crippen LogP contribution in [0.15, 0.2) is 121 Å². The van der Waals surface area contributed by atoms with Crippen molar-refractivity contribution < 1.29 is 5.11 Å². The van der Waals surface area contributed by atoms with Gasteiger partial charge in [0, 0.05) is 6.42 Å². The van der Waals surface area contributed by atoms with Gasteiger partial charge in [-0.15, -0.1) is 13.2 Å². The number of allylic oxidation sites excluding steroid dienone is 1. The summed E-state index contributed by atoms with van der Waals surface area (Å²) in [5.74, 6) is 0. The van der Waals surface area contributed by atoms with E-state index >= 15 is 0 Å². The molecule has 31 heavy (non-hydrogen) atoms. The van der Waals surface area contributed by atoms with Crippen LogP contribution in [0.5, 0.6) is 0 Å². The number of rotatable bonds is 7. The molecule has 0 aromatic heterocycles. The number of para-hydroxylation sites is 1. The highest BCUT2D eigenvalue weighted by atomic mass is 16.3. The van der Waals surface area contributed by atoms with Gasteiger partial charge < -0.3 is 5.11 Å². The molecule has 0 saturated carbocycles. The number of hydrogen-bond acceptors (Lipinski definition) is 2. The summed E-state index contributed by atoms with van der Waals surface area (Å²) in [6.45, 7) is 13.1. The first-order chi connectivity index (χ1) is 15.1. The van der Waals surface area contributed by atoms with E-state index in [2.05, 4.69) is 13.2 Å². The maximum absolute atomic E-state index is 11.4. The Labute approximate surface area is 188 Å². The van der Waals surface area contributed by atoms with E-state index in [-0.39, 0.29) is 0 Å². The minimum atomic E-state index is -1.05. The van der Waals surface area contributed by atoms with Gasteiger partial charge in [-0.25, -0.2) is 0 Å². The van der Waals surface area contributed by atoms with Crippen molar-refractivity contribution in [1.82, 2.24) is 0 Å². The van der Waals surface area contributed by atoms with Crippen molar-refractivity contribution in [1.29, 1.82) is 0 Å². The van der Waals surface area contributed by atoms with E-state index in [1.807, 2.05) is 112 Å². The summed E-state index contributed by atoms with van der Waals surface area (Å²) in [4.78, 5) is 4.84. The first-order valence-electron chi connectivity index (χ1n) is 10.8. The minimum Gasteiger partial charge on any atom is -0.384 e. The Balaban J connectivity index is 0.000000884. The zero-order chi connectivity index (χ0) is 23.0. The molecule has 0 fully saturated rings. The number of benzene rings is 3. The molecule has 3 aromatic rings. The number of aliphatic imine (C=N–C) groups is 1. The molecular weight excluding hydrogens is 378 g/mol. The lowest BCUT2D eigenvalue weighted by Crippen LogP contribution is -2.29. The van der Waals surface area contributed by atoms with E-state index in [1.165, 1.54) is 0 Å². The van der Waals surface area contributed by atoms with Crippen LogP contribution in [0, 0.1) is 0 Å². The molecule has 2 nitrogen and oxygen atoms in total. The molecule has 0 bridgehead atoms. The molecule has 3 aromatic carbocycles. The Morgan fingerprint density at radius 3 is 1.77 bits per heavy atom. The second kappa shape index (κ2) is 14.7. The molecule has 0 radical (unpaired) electrons. The van der Waals surface area contributed by atoms with Gasteiger partial charge in [-0.05, 0) is 36.6 Å². The maximum Gasteiger partial charge on any atom is 0.0986 e. The SMILES string of the molecule is C=CC.C=CCC(O)(CC(=Nc1ccccc1)c1ccccc1)c1ccccc1.CC. The van der Waals surface area contributed by atoms with Crippen molar-refractivity contribution >= 4 is 11.4 Å². The quantitative estimate of drug-likeness (QED) is 0.310. The fourth-order valence-corrected chi connectivity index (χ4v) is 3.05. The highest BCUT2D eigenvalue weighted by Gasteiger charge is 2.30. The number of hydrogen-bond donors (Lipinski definition) is 1. The second-order valence-corrected chi connectivity index (χ2v) is 6.74. The molecule has 0 saturated heterocycles. The summed E-state index contributed by atoms with van der Waals surface area (Å²) in [7, 11) is 0. The lowest BCUT2D eigenvalue weighted by Gasteiger charge is -2.28. The molecule has 1 unspecified atom stereocenters. The lowest BCUT2D eigenvalue weighted by molar-refractivity contribution is 0.0477. The molecule has 0 aliphatic rings. The van der Waals surface area contributed by atoms with Crippen LogP contribution in [0.25, 0.3) is 0 Å². The van der Waals surface area contributed by atoms with E-state index in [4.69, 9.17) is 4.99 Å². The van der Waals surface area contributed by atoms with Crippen LogP contribution in [-0.2, 0) is 5.60 Å². The van der Waals surface area contributed by atoms with E-state index in [0.29, 0.717) is 12.8 Å². The summed E-state index contributed by atoms with van der Waals surface area (Å²) in [5.41, 5.74) is 2.56. The zero-order valence-corrected chi connectivity index (χ0v) is 19.0. The summed E-state index contributed by atoms with van der Waals surface area (Å²) in [6.07, 6.45) is 4.37. The Morgan fingerprint density at radius 2 is 1.29 bits per heavy atom. The van der Waals surface area contributed by atoms with Gasteiger partial charge in [0.15, 0.2) is 0 Å². The molecule has 0 heterocycles. The molecule has 1 atom stereocenters. The third kappa shape index (κ3) is 8.57. The highest BCUT2D eigenvalue weighted by Crippen LogP contribution is 2.32. The summed E-state index contributed by atoms with van der Waals surface area (Å²) in [6, 6.07) is 29.6. The molecule has 0 spiro atoms. The molecule has 162 valence electrons. The first kappa shape index (κ1) is 25.8. The molecule has 0 amide bonds. The van der Waals surface area contributed by atoms with Crippen molar-refractivity contribution in [3.8, 4) is 0 Å². The molecule has 3 rings (SSSR count). The number of nitrogens with zero attached hydrogens (tertiary/aromatic N) is 1. The van der Waals surface area contributed by atoms with Crippen molar-refractivity contribution in [3.05, 3.63) is 127 Å². The topological polar surface area (TPSA) is 32.6 Å². The van der Waals surface area contributed by atoms with Gasteiger partial charge in [0.2, 0.25) is 0 Å². The average molecular weight is 414 g/mol. The summed E-state index contributed by atoms with van der Waals surface area (Å²) >= 11 is 0. The van der Waals surface area contributed by atoms with Gasteiger partial charge in [0.1, 0.15) is 0 Å². The van der Waals surface area contributed by atoms with Crippen molar-refractivity contribution in [2.24, 2.45) is 4.99 Å². The normalized spacial score (nSPS) is 12.2. The van der Waals surface area contributed by atoms with E-state index < -0.39 is 5.60 Å². The van der Waals surface area contributed by atoms with E-state index in [0.717, 1.165) is 22.5 Å². The smallest absolute Gasteiger partial charge is 0.0986 e. The number of aliphatic hydroxyl groups is 1. The van der Waals surface area contributed by atoms with Gasteiger partial charge in [0.25, 0.3) is 0 Å². The Hall–Kier alpha value is -3.23. The predicted octanol–water partition coefficient (Wildman–Crippen LogP) is 7.88. The fraction of sp³-hybridized carbons (Fsp3) is 0.207. The molecule has 2 heteroatoms. The summed E-state index contributed by atoms with van der Waals surface area (Å²) < 4.78 is 0. The van der Waals surface area contributed by atoms with Crippen molar-refractivity contribution in [2.75, 3.05) is 0 Å². The van der Waals surface area contributed by atoms with Crippen LogP contribution >= 0.6 is 0 Å². The van der Waals surface area contributed by atoms with Gasteiger partial charge in [-0.2, -0.15) is 0 Å². The Bertz CT molecular complexity index is 901. The van der Waals surface area contributed by atoms with Crippen LogP contribution in [0.1, 0.15) is 44.7 Å². The van der Waals surface area contributed by atoms with Crippen molar-refractivity contribution in [2.45, 2.75) is 39.2 Å². The van der Waals surface area contributed by atoms with Crippen LogP contribution in [0.4, 0.5) is 5.69 Å². The van der Waals surface area contributed by atoms with Gasteiger partial charge >= 0.3 is 0 Å². The Kier molecular flexibility index (Phi) is 12.2.